The summed E-state index contributed by atoms with van der Waals surface area (Å²) in [6.45, 7) is 8.10. The number of hydrogen-bond donors (Lipinski definition) is 2. The molecule has 1 aliphatic heterocycles. The molecule has 2 rings (SSSR count). The van der Waals surface area contributed by atoms with Gasteiger partial charge in [0.2, 0.25) is 5.91 Å². The number of nitrogens with zero attached hydrogens (tertiary/aromatic N) is 2. The van der Waals surface area contributed by atoms with Gasteiger partial charge in [-0.25, -0.2) is 0 Å². The number of carbonyl (C=O) groups is 1. The Morgan fingerprint density at radius 1 is 1.17 bits per heavy atom. The summed E-state index contributed by atoms with van der Waals surface area (Å²) in [6, 6.07) is 8.29. The highest BCUT2D eigenvalue weighted by Crippen LogP contribution is 2.22. The first-order chi connectivity index (χ1) is 11.2. The molecule has 0 atom stereocenters. The lowest BCUT2D eigenvalue weighted by Crippen LogP contribution is -2.38. The van der Waals surface area contributed by atoms with E-state index in [1.54, 1.807) is 0 Å². The molecule has 2 N–H and O–H groups in total. The van der Waals surface area contributed by atoms with E-state index in [0.29, 0.717) is 6.42 Å². The van der Waals surface area contributed by atoms with Crippen molar-refractivity contribution < 1.29 is 4.79 Å². The Labute approximate surface area is 162 Å². The predicted octanol–water partition coefficient (Wildman–Crippen LogP) is 2.89. The number of hydrogen-bond acceptors (Lipinski definition) is 2. The summed E-state index contributed by atoms with van der Waals surface area (Å²) in [7, 11) is 0. The molecule has 0 aromatic heterocycles. The van der Waals surface area contributed by atoms with E-state index in [0.717, 1.165) is 51.5 Å². The normalized spacial score (nSPS) is 13.2. The molecule has 1 aromatic rings. The molecular formula is C18H29IN4O. The zero-order chi connectivity index (χ0) is 16.5. The maximum absolute atomic E-state index is 12.3. The topological polar surface area (TPSA) is 56.7 Å². The van der Waals surface area contributed by atoms with Gasteiger partial charge in [-0.15, -0.1) is 24.0 Å². The van der Waals surface area contributed by atoms with Gasteiger partial charge >= 0.3 is 0 Å². The van der Waals surface area contributed by atoms with Gasteiger partial charge in [-0.2, -0.15) is 0 Å². The molecule has 6 heteroatoms. The van der Waals surface area contributed by atoms with Crippen molar-refractivity contribution in [3.63, 3.8) is 0 Å². The number of benzene rings is 1. The molecule has 0 aliphatic carbocycles. The highest BCUT2D eigenvalue weighted by atomic mass is 127. The van der Waals surface area contributed by atoms with Crippen molar-refractivity contribution >= 4 is 35.8 Å². The summed E-state index contributed by atoms with van der Waals surface area (Å²) in [4.78, 5) is 18.7. The van der Waals surface area contributed by atoms with Gasteiger partial charge in [0.25, 0.3) is 0 Å². The monoisotopic (exact) mass is 444 g/mol. The highest BCUT2D eigenvalue weighted by Gasteiger charge is 2.22. The summed E-state index contributed by atoms with van der Waals surface area (Å²) in [5.41, 5.74) is 2.56. The van der Waals surface area contributed by atoms with E-state index in [9.17, 15) is 4.79 Å². The summed E-state index contributed by atoms with van der Waals surface area (Å²) >= 11 is 0. The molecule has 0 unspecified atom stereocenters. The zero-order valence-corrected chi connectivity index (χ0v) is 17.0. The van der Waals surface area contributed by atoms with Crippen LogP contribution in [0.2, 0.25) is 0 Å². The van der Waals surface area contributed by atoms with Crippen LogP contribution in [0.5, 0.6) is 0 Å². The summed E-state index contributed by atoms with van der Waals surface area (Å²) in [5.74, 6) is 1.08. The second-order valence-corrected chi connectivity index (χ2v) is 5.81. The number of fused-ring (bicyclic) bond motifs is 1. The molecule has 5 nitrogen and oxygen atoms in total. The number of nitrogens with one attached hydrogen (secondary N) is 2. The number of amides is 1. The van der Waals surface area contributed by atoms with E-state index in [4.69, 9.17) is 0 Å². The van der Waals surface area contributed by atoms with E-state index in [1.165, 1.54) is 11.1 Å². The molecular weight excluding hydrogens is 415 g/mol. The highest BCUT2D eigenvalue weighted by molar-refractivity contribution is 14.0. The lowest BCUT2D eigenvalue weighted by Gasteiger charge is -2.16. The van der Waals surface area contributed by atoms with Crippen molar-refractivity contribution in [3.8, 4) is 0 Å². The largest absolute Gasteiger partial charge is 0.357 e. The first-order valence-corrected chi connectivity index (χ1v) is 8.61. The zero-order valence-electron chi connectivity index (χ0n) is 14.7. The van der Waals surface area contributed by atoms with Crippen molar-refractivity contribution in [3.05, 3.63) is 35.4 Å². The third-order valence-electron chi connectivity index (χ3n) is 3.89. The Bertz CT molecular complexity index is 523. The summed E-state index contributed by atoms with van der Waals surface area (Å²) in [5, 5.41) is 6.50. The van der Waals surface area contributed by atoms with Crippen LogP contribution in [0.25, 0.3) is 0 Å². The van der Waals surface area contributed by atoms with Crippen LogP contribution in [0.15, 0.2) is 29.3 Å². The van der Waals surface area contributed by atoms with Gasteiger partial charge < -0.3 is 15.5 Å². The first kappa shape index (κ1) is 20.7. The number of rotatable bonds is 7. The van der Waals surface area contributed by atoms with Gasteiger partial charge in [-0.3, -0.25) is 9.79 Å². The average Bonchev–Trinajstić information content (AvgIpc) is 3.00. The van der Waals surface area contributed by atoms with Gasteiger partial charge in [-0.05, 0) is 30.9 Å². The average molecular weight is 444 g/mol. The number of carbonyl (C=O) groups excluding carboxylic acids is 1. The second-order valence-electron chi connectivity index (χ2n) is 5.81. The Balaban J connectivity index is 0.00000288. The van der Waals surface area contributed by atoms with Crippen molar-refractivity contribution in [1.82, 2.24) is 15.5 Å². The smallest absolute Gasteiger partial charge is 0.223 e. The van der Waals surface area contributed by atoms with Gasteiger partial charge in [0.15, 0.2) is 5.96 Å². The van der Waals surface area contributed by atoms with Crippen LogP contribution in [0.4, 0.5) is 0 Å². The first-order valence-electron chi connectivity index (χ1n) is 8.61. The Morgan fingerprint density at radius 2 is 1.83 bits per heavy atom. The predicted molar refractivity (Wildman–Crippen MR) is 110 cm³/mol. The minimum Gasteiger partial charge on any atom is -0.357 e. The fraction of sp³-hybridized carbons (Fsp3) is 0.556. The fourth-order valence-electron chi connectivity index (χ4n) is 2.68. The molecule has 1 aliphatic rings. The van der Waals surface area contributed by atoms with Crippen LogP contribution in [-0.4, -0.2) is 36.4 Å². The third-order valence-corrected chi connectivity index (χ3v) is 3.89. The molecule has 1 amide bonds. The Kier molecular flexibility index (Phi) is 9.75. The number of guanidine groups is 1. The molecule has 1 heterocycles. The lowest BCUT2D eigenvalue weighted by molar-refractivity contribution is -0.131. The van der Waals surface area contributed by atoms with E-state index < -0.39 is 0 Å². The van der Waals surface area contributed by atoms with Crippen LogP contribution >= 0.6 is 24.0 Å². The van der Waals surface area contributed by atoms with Gasteiger partial charge in [0.05, 0.1) is 0 Å². The maximum atomic E-state index is 12.3. The molecule has 0 bridgehead atoms. The van der Waals surface area contributed by atoms with Crippen molar-refractivity contribution in [2.45, 2.75) is 46.2 Å². The molecule has 0 fully saturated rings. The maximum Gasteiger partial charge on any atom is 0.223 e. The van der Waals surface area contributed by atoms with Crippen LogP contribution < -0.4 is 10.6 Å². The Morgan fingerprint density at radius 3 is 2.42 bits per heavy atom. The van der Waals surface area contributed by atoms with E-state index in [2.05, 4.69) is 41.6 Å². The second kappa shape index (κ2) is 11.3. The van der Waals surface area contributed by atoms with Crippen LogP contribution in [-0.2, 0) is 17.9 Å². The number of aliphatic imine (C=N–C) groups is 1. The molecule has 0 saturated heterocycles. The van der Waals surface area contributed by atoms with Gasteiger partial charge in [0.1, 0.15) is 0 Å². The summed E-state index contributed by atoms with van der Waals surface area (Å²) in [6.07, 6.45) is 2.43. The molecule has 134 valence electrons. The molecule has 24 heavy (non-hydrogen) atoms. The standard InChI is InChI=1S/C18H28N4O.HI/c1-3-11-20-18(19-4-2)21-12-7-10-17(23)22-13-15-8-5-6-9-16(15)14-22;/h5-6,8-9H,3-4,7,10-14H2,1-2H3,(H2,19,20,21);1H. The minimum atomic E-state index is 0. The lowest BCUT2D eigenvalue weighted by atomic mass is 10.1. The molecule has 0 radical (unpaired) electrons. The quantitative estimate of drug-likeness (QED) is 0.294. The van der Waals surface area contributed by atoms with Crippen LogP contribution in [0.3, 0.4) is 0 Å². The van der Waals surface area contributed by atoms with Crippen LogP contribution in [0, 0.1) is 0 Å². The number of halogens is 1. The Hall–Kier alpha value is -1.31. The SMILES string of the molecule is CCCN=C(NCC)NCCCC(=O)N1Cc2ccccc2C1.I. The van der Waals surface area contributed by atoms with E-state index in [1.807, 2.05) is 17.0 Å². The van der Waals surface area contributed by atoms with E-state index in [-0.39, 0.29) is 29.9 Å². The van der Waals surface area contributed by atoms with Crippen LogP contribution in [0.1, 0.15) is 44.2 Å². The summed E-state index contributed by atoms with van der Waals surface area (Å²) < 4.78 is 0. The van der Waals surface area contributed by atoms with Crippen molar-refractivity contribution in [1.29, 1.82) is 0 Å². The van der Waals surface area contributed by atoms with Crippen molar-refractivity contribution in [2.75, 3.05) is 19.6 Å². The third kappa shape index (κ3) is 6.30. The van der Waals surface area contributed by atoms with Gasteiger partial charge in [0, 0.05) is 39.1 Å². The van der Waals surface area contributed by atoms with Crippen molar-refractivity contribution in [2.24, 2.45) is 4.99 Å². The molecule has 0 spiro atoms. The fourth-order valence-corrected chi connectivity index (χ4v) is 2.68. The van der Waals surface area contributed by atoms with E-state index >= 15 is 0 Å². The molecule has 0 saturated carbocycles. The van der Waals surface area contributed by atoms with Gasteiger partial charge in [-0.1, -0.05) is 31.2 Å². The minimum absolute atomic E-state index is 0. The molecule has 1 aromatic carbocycles.